The monoisotopic (exact) mass is 519 g/mol. The maximum atomic E-state index is 14.9. The van der Waals surface area contributed by atoms with Gasteiger partial charge in [-0.2, -0.15) is 5.48 Å². The molecule has 2 fully saturated rings. The van der Waals surface area contributed by atoms with Crippen LogP contribution >= 0.6 is 11.9 Å². The molecule has 0 bridgehead atoms. The summed E-state index contributed by atoms with van der Waals surface area (Å²) in [4.78, 5) is 20.2. The van der Waals surface area contributed by atoms with Gasteiger partial charge in [0.25, 0.3) is 5.91 Å². The Hall–Kier alpha value is -0.450. The van der Waals surface area contributed by atoms with E-state index in [9.17, 15) is 9.18 Å². The summed E-state index contributed by atoms with van der Waals surface area (Å²) in [5, 5.41) is 4.15. The van der Waals surface area contributed by atoms with Gasteiger partial charge in [0.1, 0.15) is 6.04 Å². The Kier molecular flexibility index (Phi) is 14.4. The van der Waals surface area contributed by atoms with Crippen LogP contribution in [0.1, 0.15) is 90.9 Å². The molecule has 0 aliphatic heterocycles. The van der Waals surface area contributed by atoms with E-state index in [-0.39, 0.29) is 24.1 Å². The summed E-state index contributed by atoms with van der Waals surface area (Å²) in [6, 6.07) is 0.837. The van der Waals surface area contributed by atoms with E-state index in [1.807, 2.05) is 12.4 Å². The van der Waals surface area contributed by atoms with E-state index in [1.54, 1.807) is 14.0 Å². The summed E-state index contributed by atoms with van der Waals surface area (Å²) in [6.07, 6.45) is 11.7. The molecule has 4 N–H and O–H groups in total. The second kappa shape index (κ2) is 16.4. The summed E-state index contributed by atoms with van der Waals surface area (Å²) in [5.41, 5.74) is 0.163. The molecule has 2 rings (SSSR count). The van der Waals surface area contributed by atoms with Crippen molar-refractivity contribution in [1.82, 2.24) is 14.9 Å². The normalized spacial score (nSPS) is 26.4. The minimum Gasteiger partial charge on any atom is -0.377 e. The van der Waals surface area contributed by atoms with Gasteiger partial charge in [-0.1, -0.05) is 39.5 Å². The smallest absolute Gasteiger partial charge is 0.267 e. The Balaban J connectivity index is 1.90. The van der Waals surface area contributed by atoms with Crippen LogP contribution in [0.15, 0.2) is 0 Å². The number of alkyl halides is 1. The molecule has 0 saturated heterocycles. The number of nitrogens with two attached hydrogens (primary N) is 1. The number of quaternary nitrogens is 1. The first-order valence-electron chi connectivity index (χ1n) is 13.8. The number of hydrogen-bond acceptors (Lipinski definition) is 6. The number of carbonyl (C=O) groups excluding carboxylic acids is 1. The Labute approximate surface area is 217 Å². The van der Waals surface area contributed by atoms with Gasteiger partial charge in [0.05, 0.1) is 25.9 Å². The van der Waals surface area contributed by atoms with Gasteiger partial charge in [-0.05, 0) is 77.5 Å². The van der Waals surface area contributed by atoms with E-state index < -0.39 is 11.6 Å². The highest BCUT2D eigenvalue weighted by Crippen LogP contribution is 2.29. The molecule has 5 atom stereocenters. The zero-order valence-corrected chi connectivity index (χ0v) is 23.6. The highest BCUT2D eigenvalue weighted by Gasteiger charge is 2.39. The molecule has 9 heteroatoms. The van der Waals surface area contributed by atoms with Gasteiger partial charge in [0.15, 0.2) is 5.67 Å². The highest BCUT2D eigenvalue weighted by atomic mass is 32.2. The Morgan fingerprint density at radius 2 is 1.94 bits per heavy atom. The number of carbonyl (C=O) groups is 1. The quantitative estimate of drug-likeness (QED) is 0.214. The molecule has 35 heavy (non-hydrogen) atoms. The van der Waals surface area contributed by atoms with Gasteiger partial charge >= 0.3 is 0 Å². The first-order valence-corrected chi connectivity index (χ1v) is 14.7. The van der Waals surface area contributed by atoms with Crippen LogP contribution in [-0.4, -0.2) is 80.3 Å². The molecule has 0 spiro atoms. The highest BCUT2D eigenvalue weighted by molar-refractivity contribution is 7.98. The molecule has 0 aromatic rings. The molecule has 0 aromatic carbocycles. The minimum absolute atomic E-state index is 0.210. The molecule has 206 valence electrons. The van der Waals surface area contributed by atoms with Gasteiger partial charge < -0.3 is 15.0 Å². The zero-order chi connectivity index (χ0) is 25.7. The van der Waals surface area contributed by atoms with Crippen LogP contribution in [0.2, 0.25) is 0 Å². The van der Waals surface area contributed by atoms with Crippen molar-refractivity contribution in [3.8, 4) is 0 Å². The molecular weight excluding hydrogens is 467 g/mol. The lowest BCUT2D eigenvalue weighted by Gasteiger charge is -2.36. The molecule has 0 heterocycles. The third-order valence-electron chi connectivity index (χ3n) is 7.55. The summed E-state index contributed by atoms with van der Waals surface area (Å²) in [6.45, 7) is 5.42. The maximum absolute atomic E-state index is 14.9. The summed E-state index contributed by atoms with van der Waals surface area (Å²) in [5.74, 6) is -0.483. The fourth-order valence-corrected chi connectivity index (χ4v) is 6.32. The van der Waals surface area contributed by atoms with Gasteiger partial charge in [-0.25, -0.2) is 9.23 Å². The summed E-state index contributed by atoms with van der Waals surface area (Å²) < 4.78 is 24.1. The van der Waals surface area contributed by atoms with Crippen molar-refractivity contribution < 1.29 is 24.2 Å². The Morgan fingerprint density at radius 1 is 1.20 bits per heavy atom. The van der Waals surface area contributed by atoms with E-state index in [1.165, 1.54) is 44.1 Å². The lowest BCUT2D eigenvalue weighted by Crippen LogP contribution is -2.93. The molecule has 7 nitrogen and oxygen atoms in total. The standard InChI is InChI=1S/C26H51FN4O3S/c1-6-16-26(27,7-2)25(32)30-35-22-13-14-23(24(18-22)29-33-5)28-20(15-17-31(3)4)19-34-21-11-9-8-10-12-21/h20-24,28-29H,6-19H2,1-5H3,(H,30,32)/p+1. The number of rotatable bonds is 16. The number of hydrogen-bond donors (Lipinski definition) is 3. The van der Waals surface area contributed by atoms with Crippen molar-refractivity contribution in [2.45, 2.75) is 126 Å². The summed E-state index contributed by atoms with van der Waals surface area (Å²) >= 11 is 1.39. The lowest BCUT2D eigenvalue weighted by molar-refractivity contribution is -0.914. The topological polar surface area (TPSA) is 79.4 Å². The minimum atomic E-state index is -1.77. The van der Waals surface area contributed by atoms with E-state index >= 15 is 0 Å². The lowest BCUT2D eigenvalue weighted by atomic mass is 9.89. The molecule has 1 amide bonds. The number of hydroxylamine groups is 1. The van der Waals surface area contributed by atoms with Gasteiger partial charge in [-0.3, -0.25) is 9.52 Å². The molecule has 5 unspecified atom stereocenters. The number of amides is 1. The van der Waals surface area contributed by atoms with Crippen molar-refractivity contribution in [3.05, 3.63) is 0 Å². The zero-order valence-electron chi connectivity index (χ0n) is 22.8. The molecule has 2 aliphatic carbocycles. The number of ether oxygens (including phenoxy) is 1. The van der Waals surface area contributed by atoms with Crippen LogP contribution in [0.3, 0.4) is 0 Å². The van der Waals surface area contributed by atoms with Crippen LogP contribution in [0, 0.1) is 0 Å². The summed E-state index contributed by atoms with van der Waals surface area (Å²) in [7, 11) is 5.93. The predicted octanol–water partition coefficient (Wildman–Crippen LogP) is 3.34. The largest absolute Gasteiger partial charge is 0.377 e. The van der Waals surface area contributed by atoms with Crippen molar-refractivity contribution in [2.24, 2.45) is 0 Å². The van der Waals surface area contributed by atoms with Crippen molar-refractivity contribution in [1.29, 1.82) is 0 Å². The Morgan fingerprint density at radius 3 is 2.57 bits per heavy atom. The van der Waals surface area contributed by atoms with E-state index in [2.05, 4.69) is 29.0 Å². The number of halogens is 1. The van der Waals surface area contributed by atoms with Gasteiger partial charge in [0.2, 0.25) is 0 Å². The van der Waals surface area contributed by atoms with E-state index in [4.69, 9.17) is 9.57 Å². The number of nitrogens with zero attached hydrogens (tertiary/aromatic N) is 1. The first-order chi connectivity index (χ1) is 16.8. The van der Waals surface area contributed by atoms with Crippen LogP contribution in [0.25, 0.3) is 0 Å². The van der Waals surface area contributed by atoms with Crippen LogP contribution in [0.5, 0.6) is 0 Å². The van der Waals surface area contributed by atoms with Gasteiger partial charge in [0, 0.05) is 17.7 Å². The first kappa shape index (κ1) is 30.8. The van der Waals surface area contributed by atoms with Crippen LogP contribution < -0.4 is 15.5 Å². The maximum Gasteiger partial charge on any atom is 0.267 e. The molecule has 2 aliphatic rings. The van der Waals surface area contributed by atoms with Crippen molar-refractivity contribution in [2.75, 3.05) is 34.4 Å². The average Bonchev–Trinajstić information content (AvgIpc) is 2.86. The van der Waals surface area contributed by atoms with Crippen LogP contribution in [0.4, 0.5) is 4.39 Å². The number of nitrogens with one attached hydrogen (secondary N) is 2. The van der Waals surface area contributed by atoms with Crippen LogP contribution in [-0.2, 0) is 14.4 Å². The fourth-order valence-electron chi connectivity index (χ4n) is 5.30. The van der Waals surface area contributed by atoms with Gasteiger partial charge in [-0.15, -0.1) is 0 Å². The van der Waals surface area contributed by atoms with Crippen molar-refractivity contribution >= 4 is 17.9 Å². The van der Waals surface area contributed by atoms with Crippen molar-refractivity contribution in [3.63, 3.8) is 0 Å². The SMILES string of the molecule is CCCC(F)(CC)C(=O)NSC1CCC(NC(CCN(C)C)COC2CCCCC2)C([NH2+]OC)C1. The Bertz CT molecular complexity index is 597. The third-order valence-corrected chi connectivity index (χ3v) is 8.62. The fraction of sp³-hybridized carbons (Fsp3) is 0.962. The molecule has 2 saturated carbocycles. The molecule has 0 aromatic heterocycles. The average molecular weight is 520 g/mol. The van der Waals surface area contributed by atoms with E-state index in [0.717, 1.165) is 38.8 Å². The predicted molar refractivity (Wildman–Crippen MR) is 142 cm³/mol. The molecule has 0 radical (unpaired) electrons. The molecular formula is C26H52FN4O3S+. The second-order valence-corrected chi connectivity index (χ2v) is 11.9. The van der Waals surface area contributed by atoms with E-state index in [0.29, 0.717) is 24.6 Å². The second-order valence-electron chi connectivity index (χ2n) is 10.7. The third kappa shape index (κ3) is 10.8.